The Hall–Kier alpha value is -2.45. The second-order valence-corrected chi connectivity index (χ2v) is 7.51. The van der Waals surface area contributed by atoms with Crippen LogP contribution in [0.5, 0.6) is 0 Å². The quantitative estimate of drug-likeness (QED) is 0.552. The topological polar surface area (TPSA) is 92.6 Å². The summed E-state index contributed by atoms with van der Waals surface area (Å²) in [5.74, 6) is -0.988. The number of amides is 2. The molecule has 0 radical (unpaired) electrons. The van der Waals surface area contributed by atoms with Gasteiger partial charge in [0.05, 0.1) is 15.9 Å². The second kappa shape index (κ2) is 7.66. The van der Waals surface area contributed by atoms with Gasteiger partial charge >= 0.3 is 0 Å². The Bertz CT molecular complexity index is 933. The Balaban J connectivity index is 1.72. The van der Waals surface area contributed by atoms with E-state index in [9.17, 15) is 19.7 Å². The smallest absolute Gasteiger partial charge is 0.269 e. The molecule has 7 nitrogen and oxygen atoms in total. The Kier molecular flexibility index (Phi) is 5.48. The first-order valence-electron chi connectivity index (χ1n) is 8.07. The highest BCUT2D eigenvalue weighted by Gasteiger charge is 2.35. The summed E-state index contributed by atoms with van der Waals surface area (Å²) in [5, 5.41) is 14.0. The van der Waals surface area contributed by atoms with Crippen molar-refractivity contribution in [3.63, 3.8) is 0 Å². The number of nitrogens with one attached hydrogen (secondary N) is 1. The molecule has 0 aromatic heterocycles. The van der Waals surface area contributed by atoms with E-state index in [0.717, 1.165) is 10.0 Å². The molecular formula is C18H15BrClN3O4. The minimum Gasteiger partial charge on any atom is -0.325 e. The van der Waals surface area contributed by atoms with Crippen molar-refractivity contribution in [1.82, 2.24) is 0 Å². The van der Waals surface area contributed by atoms with Crippen LogP contribution in [0.4, 0.5) is 17.1 Å². The zero-order valence-corrected chi connectivity index (χ0v) is 16.6. The lowest BCUT2D eigenvalue weighted by Gasteiger charge is -2.17. The van der Waals surface area contributed by atoms with E-state index < -0.39 is 10.8 Å². The molecule has 1 aliphatic heterocycles. The molecule has 0 bridgehead atoms. The van der Waals surface area contributed by atoms with E-state index >= 15 is 0 Å². The van der Waals surface area contributed by atoms with Gasteiger partial charge in [-0.1, -0.05) is 11.6 Å². The molecular weight excluding hydrogens is 438 g/mol. The van der Waals surface area contributed by atoms with E-state index in [1.165, 1.54) is 29.2 Å². The summed E-state index contributed by atoms with van der Waals surface area (Å²) < 4.78 is 0.736. The molecule has 0 spiro atoms. The zero-order chi connectivity index (χ0) is 19.7. The normalized spacial score (nSPS) is 16.5. The molecule has 2 amide bonds. The zero-order valence-electron chi connectivity index (χ0n) is 14.2. The molecule has 1 heterocycles. The highest BCUT2D eigenvalue weighted by Crippen LogP contribution is 2.31. The standard InChI is InChI=1S/C18H15BrClN3O4/c1-10-6-14(19)15(20)8-16(10)21-18(25)11-7-17(24)22(9-11)12-2-4-13(5-3-12)23(26)27/h2-6,8,11H,7,9H2,1H3,(H,21,25)/t11-/m1/s1. The fourth-order valence-corrected chi connectivity index (χ4v) is 3.52. The third kappa shape index (κ3) is 4.12. The van der Waals surface area contributed by atoms with Gasteiger partial charge < -0.3 is 10.2 Å². The number of non-ortho nitro benzene ring substituents is 1. The van der Waals surface area contributed by atoms with Crippen LogP contribution in [0, 0.1) is 23.0 Å². The monoisotopic (exact) mass is 451 g/mol. The number of carbonyl (C=O) groups is 2. The van der Waals surface area contributed by atoms with Crippen LogP contribution in [0.3, 0.4) is 0 Å². The number of hydrogen-bond donors (Lipinski definition) is 1. The number of hydrogen-bond acceptors (Lipinski definition) is 4. The van der Waals surface area contributed by atoms with Gasteiger partial charge in [0.2, 0.25) is 11.8 Å². The van der Waals surface area contributed by atoms with Crippen molar-refractivity contribution in [2.75, 3.05) is 16.8 Å². The molecule has 0 unspecified atom stereocenters. The molecule has 9 heteroatoms. The number of aryl methyl sites for hydroxylation is 1. The highest BCUT2D eigenvalue weighted by molar-refractivity contribution is 9.10. The van der Waals surface area contributed by atoms with Crippen LogP contribution < -0.4 is 10.2 Å². The lowest BCUT2D eigenvalue weighted by atomic mass is 10.1. The molecule has 2 aromatic rings. The number of benzene rings is 2. The van der Waals surface area contributed by atoms with Crippen molar-refractivity contribution in [3.05, 3.63) is 61.6 Å². The van der Waals surface area contributed by atoms with E-state index in [4.69, 9.17) is 11.6 Å². The van der Waals surface area contributed by atoms with E-state index in [-0.39, 0.29) is 30.5 Å². The van der Waals surface area contributed by atoms with Crippen molar-refractivity contribution in [3.8, 4) is 0 Å². The highest BCUT2D eigenvalue weighted by atomic mass is 79.9. The summed E-state index contributed by atoms with van der Waals surface area (Å²) in [6, 6.07) is 9.15. The Morgan fingerprint density at radius 2 is 2.00 bits per heavy atom. The lowest BCUT2D eigenvalue weighted by molar-refractivity contribution is -0.384. The largest absolute Gasteiger partial charge is 0.325 e. The van der Waals surface area contributed by atoms with E-state index in [1.54, 1.807) is 12.1 Å². The predicted octanol–water partition coefficient (Wildman–Crippen LogP) is 4.31. The van der Waals surface area contributed by atoms with Gasteiger partial charge in [0, 0.05) is 40.9 Å². The summed E-state index contributed by atoms with van der Waals surface area (Å²) >= 11 is 9.41. The van der Waals surface area contributed by atoms with Crippen molar-refractivity contribution in [1.29, 1.82) is 0 Å². The molecule has 0 aliphatic carbocycles. The maximum absolute atomic E-state index is 12.6. The average Bonchev–Trinajstić information content (AvgIpc) is 3.01. The summed E-state index contributed by atoms with van der Waals surface area (Å²) in [7, 11) is 0. The number of nitrogens with zero attached hydrogens (tertiary/aromatic N) is 2. The Morgan fingerprint density at radius 3 is 2.63 bits per heavy atom. The molecule has 140 valence electrons. The van der Waals surface area contributed by atoms with Crippen LogP contribution in [0.2, 0.25) is 5.02 Å². The fourth-order valence-electron chi connectivity index (χ4n) is 2.90. The van der Waals surface area contributed by atoms with Gasteiger partial charge in [0.15, 0.2) is 0 Å². The first kappa shape index (κ1) is 19.3. The summed E-state index contributed by atoms with van der Waals surface area (Å²) in [6.07, 6.45) is 0.0755. The summed E-state index contributed by atoms with van der Waals surface area (Å²) in [6.45, 7) is 2.06. The molecule has 1 N–H and O–H groups in total. The van der Waals surface area contributed by atoms with Gasteiger partial charge in [0.1, 0.15) is 0 Å². The van der Waals surface area contributed by atoms with E-state index in [1.807, 2.05) is 6.92 Å². The van der Waals surface area contributed by atoms with Crippen LogP contribution in [0.1, 0.15) is 12.0 Å². The van der Waals surface area contributed by atoms with Gasteiger partial charge in [-0.25, -0.2) is 0 Å². The van der Waals surface area contributed by atoms with Gasteiger partial charge in [-0.3, -0.25) is 19.7 Å². The van der Waals surface area contributed by atoms with E-state index in [0.29, 0.717) is 16.4 Å². The van der Waals surface area contributed by atoms with Gasteiger partial charge in [-0.05, 0) is 52.7 Å². The molecule has 2 aromatic carbocycles. The molecule has 1 saturated heterocycles. The predicted molar refractivity (Wildman–Crippen MR) is 106 cm³/mol. The average molecular weight is 453 g/mol. The van der Waals surface area contributed by atoms with Crippen LogP contribution in [-0.2, 0) is 9.59 Å². The Labute approximate surface area is 168 Å². The molecule has 3 rings (SSSR count). The SMILES string of the molecule is Cc1cc(Br)c(Cl)cc1NC(=O)[C@@H]1CC(=O)N(c2ccc([N+](=O)[O-])cc2)C1. The number of rotatable bonds is 4. The molecule has 0 saturated carbocycles. The summed E-state index contributed by atoms with van der Waals surface area (Å²) in [5.41, 5.74) is 1.91. The first-order valence-corrected chi connectivity index (χ1v) is 9.24. The molecule has 1 fully saturated rings. The van der Waals surface area contributed by atoms with Crippen molar-refractivity contribution < 1.29 is 14.5 Å². The maximum atomic E-state index is 12.6. The minimum atomic E-state index is -0.519. The minimum absolute atomic E-state index is 0.0534. The van der Waals surface area contributed by atoms with Crippen LogP contribution in [0.25, 0.3) is 0 Å². The maximum Gasteiger partial charge on any atom is 0.269 e. The lowest BCUT2D eigenvalue weighted by Crippen LogP contribution is -2.28. The first-order chi connectivity index (χ1) is 12.8. The number of halogens is 2. The number of anilines is 2. The number of carbonyl (C=O) groups excluding carboxylic acids is 2. The molecule has 27 heavy (non-hydrogen) atoms. The third-order valence-electron chi connectivity index (χ3n) is 4.39. The fraction of sp³-hybridized carbons (Fsp3) is 0.222. The van der Waals surface area contributed by atoms with Crippen LogP contribution >= 0.6 is 27.5 Å². The van der Waals surface area contributed by atoms with Crippen LogP contribution in [-0.4, -0.2) is 23.3 Å². The van der Waals surface area contributed by atoms with Gasteiger partial charge in [-0.2, -0.15) is 0 Å². The van der Waals surface area contributed by atoms with Crippen molar-refractivity contribution in [2.24, 2.45) is 5.92 Å². The van der Waals surface area contributed by atoms with Gasteiger partial charge in [-0.15, -0.1) is 0 Å². The van der Waals surface area contributed by atoms with Gasteiger partial charge in [0.25, 0.3) is 5.69 Å². The Morgan fingerprint density at radius 1 is 1.33 bits per heavy atom. The van der Waals surface area contributed by atoms with Crippen molar-refractivity contribution >= 4 is 56.4 Å². The molecule has 1 atom stereocenters. The van der Waals surface area contributed by atoms with Crippen molar-refractivity contribution in [2.45, 2.75) is 13.3 Å². The summed E-state index contributed by atoms with van der Waals surface area (Å²) in [4.78, 5) is 36.6. The third-order valence-corrected chi connectivity index (χ3v) is 5.59. The number of nitro benzene ring substituents is 1. The van der Waals surface area contributed by atoms with E-state index in [2.05, 4.69) is 21.2 Å². The second-order valence-electron chi connectivity index (χ2n) is 6.25. The number of nitro groups is 1. The van der Waals surface area contributed by atoms with Crippen LogP contribution in [0.15, 0.2) is 40.9 Å². The molecule has 1 aliphatic rings.